The van der Waals surface area contributed by atoms with Crippen LogP contribution in [0.3, 0.4) is 0 Å². The first-order chi connectivity index (χ1) is 8.11. The Bertz CT molecular complexity index is 278. The van der Waals surface area contributed by atoms with Gasteiger partial charge in [-0.05, 0) is 33.1 Å². The monoisotopic (exact) mass is 238 g/mol. The van der Waals surface area contributed by atoms with Gasteiger partial charge in [0.05, 0.1) is 6.61 Å². The summed E-state index contributed by atoms with van der Waals surface area (Å²) in [5.41, 5.74) is 0.713. The highest BCUT2D eigenvalue weighted by molar-refractivity contribution is 5.06. The molecular formula is C14H26N2O. The van der Waals surface area contributed by atoms with Crippen molar-refractivity contribution in [3.05, 3.63) is 0 Å². The van der Waals surface area contributed by atoms with Crippen molar-refractivity contribution in [1.82, 2.24) is 10.2 Å². The molecule has 0 aromatic heterocycles. The molecule has 2 heterocycles. The summed E-state index contributed by atoms with van der Waals surface area (Å²) in [5.74, 6) is 0. The maximum Gasteiger partial charge on any atom is 0.0622 e. The largest absolute Gasteiger partial charge is 0.380 e. The maximum absolute atomic E-state index is 5.59. The Hall–Kier alpha value is -0.120. The van der Waals surface area contributed by atoms with Crippen LogP contribution >= 0.6 is 0 Å². The minimum absolute atomic E-state index is 0.284. The number of nitrogens with one attached hydrogen (secondary N) is 1. The van der Waals surface area contributed by atoms with Gasteiger partial charge in [0.15, 0.2) is 0 Å². The van der Waals surface area contributed by atoms with E-state index in [1.54, 1.807) is 0 Å². The average molecular weight is 238 g/mol. The van der Waals surface area contributed by atoms with Gasteiger partial charge in [-0.2, -0.15) is 0 Å². The van der Waals surface area contributed by atoms with Gasteiger partial charge in [0.25, 0.3) is 0 Å². The predicted molar refractivity (Wildman–Crippen MR) is 69.2 cm³/mol. The third-order valence-corrected chi connectivity index (χ3v) is 5.05. The van der Waals surface area contributed by atoms with Gasteiger partial charge >= 0.3 is 0 Å². The zero-order valence-electron chi connectivity index (χ0n) is 11.3. The summed E-state index contributed by atoms with van der Waals surface area (Å²) in [5, 5.41) is 3.86. The third kappa shape index (κ3) is 2.13. The molecule has 0 amide bonds. The van der Waals surface area contributed by atoms with E-state index in [9.17, 15) is 0 Å². The molecule has 1 unspecified atom stereocenters. The molecule has 3 fully saturated rings. The molecule has 1 atom stereocenters. The Kier molecular flexibility index (Phi) is 2.96. The molecule has 3 heteroatoms. The molecular weight excluding hydrogens is 212 g/mol. The van der Waals surface area contributed by atoms with E-state index >= 15 is 0 Å². The molecule has 1 aliphatic carbocycles. The van der Waals surface area contributed by atoms with Crippen molar-refractivity contribution >= 4 is 0 Å². The van der Waals surface area contributed by atoms with Crippen LogP contribution in [-0.2, 0) is 4.74 Å². The normalized spacial score (nSPS) is 36.7. The molecule has 1 saturated carbocycles. The van der Waals surface area contributed by atoms with Crippen LogP contribution < -0.4 is 5.32 Å². The van der Waals surface area contributed by atoms with E-state index in [1.165, 1.54) is 38.6 Å². The van der Waals surface area contributed by atoms with E-state index in [0.717, 1.165) is 19.8 Å². The van der Waals surface area contributed by atoms with Crippen molar-refractivity contribution < 1.29 is 4.74 Å². The maximum atomic E-state index is 5.59. The lowest BCUT2D eigenvalue weighted by Gasteiger charge is -2.53. The van der Waals surface area contributed by atoms with Crippen LogP contribution in [0, 0.1) is 0 Å². The number of hydrogen-bond donors (Lipinski definition) is 1. The average Bonchev–Trinajstić information content (AvgIpc) is 2.95. The van der Waals surface area contributed by atoms with Crippen molar-refractivity contribution in [1.29, 1.82) is 0 Å². The molecule has 1 N–H and O–H groups in total. The zero-order valence-corrected chi connectivity index (χ0v) is 11.3. The fourth-order valence-electron chi connectivity index (χ4n) is 3.88. The van der Waals surface area contributed by atoms with Gasteiger partial charge in [0, 0.05) is 36.8 Å². The molecule has 0 aromatic carbocycles. The SMILES string of the molecule is CC1(C)CNC2(CCCC2)CN1C1CCOC1. The molecule has 1 spiro atoms. The lowest BCUT2D eigenvalue weighted by Crippen LogP contribution is -2.69. The van der Waals surface area contributed by atoms with Crippen LogP contribution in [-0.4, -0.2) is 48.3 Å². The Morgan fingerprint density at radius 1 is 1.24 bits per heavy atom. The second kappa shape index (κ2) is 4.22. The van der Waals surface area contributed by atoms with Crippen molar-refractivity contribution in [2.24, 2.45) is 0 Å². The van der Waals surface area contributed by atoms with E-state index in [2.05, 4.69) is 24.1 Å². The fourth-order valence-corrected chi connectivity index (χ4v) is 3.88. The van der Waals surface area contributed by atoms with Gasteiger partial charge in [-0.3, -0.25) is 4.90 Å². The highest BCUT2D eigenvalue weighted by Gasteiger charge is 2.46. The summed E-state index contributed by atoms with van der Waals surface area (Å²) >= 11 is 0. The Labute approximate surface area is 105 Å². The van der Waals surface area contributed by atoms with E-state index in [0.29, 0.717) is 11.6 Å². The van der Waals surface area contributed by atoms with Gasteiger partial charge in [0.1, 0.15) is 0 Å². The fraction of sp³-hybridized carbons (Fsp3) is 1.00. The zero-order chi connectivity index (χ0) is 11.9. The van der Waals surface area contributed by atoms with Gasteiger partial charge in [-0.25, -0.2) is 0 Å². The minimum Gasteiger partial charge on any atom is -0.380 e. The summed E-state index contributed by atoms with van der Waals surface area (Å²) in [4.78, 5) is 2.74. The molecule has 98 valence electrons. The summed E-state index contributed by atoms with van der Waals surface area (Å²) in [7, 11) is 0. The minimum atomic E-state index is 0.284. The molecule has 3 nitrogen and oxygen atoms in total. The molecule has 17 heavy (non-hydrogen) atoms. The Morgan fingerprint density at radius 2 is 2.00 bits per heavy atom. The summed E-state index contributed by atoms with van der Waals surface area (Å²) in [6.07, 6.45) is 6.77. The first kappa shape index (κ1) is 11.9. The number of hydrogen-bond acceptors (Lipinski definition) is 3. The molecule has 0 radical (unpaired) electrons. The first-order valence-corrected chi connectivity index (χ1v) is 7.21. The van der Waals surface area contributed by atoms with Crippen LogP contribution in [0.4, 0.5) is 0 Å². The van der Waals surface area contributed by atoms with E-state index in [4.69, 9.17) is 4.74 Å². The Morgan fingerprint density at radius 3 is 2.65 bits per heavy atom. The van der Waals surface area contributed by atoms with Crippen molar-refractivity contribution in [3.8, 4) is 0 Å². The standard InChI is InChI=1S/C14H26N2O/c1-13(2)10-15-14(6-3-4-7-14)11-16(13)12-5-8-17-9-12/h12,15H,3-11H2,1-2H3. The van der Waals surface area contributed by atoms with Crippen molar-refractivity contribution in [2.75, 3.05) is 26.3 Å². The lowest BCUT2D eigenvalue weighted by atomic mass is 9.86. The van der Waals surface area contributed by atoms with E-state index in [1.807, 2.05) is 0 Å². The molecule has 0 bridgehead atoms. The van der Waals surface area contributed by atoms with Crippen LogP contribution in [0.1, 0.15) is 46.0 Å². The number of piperazine rings is 1. The molecule has 2 saturated heterocycles. The summed E-state index contributed by atoms with van der Waals surface area (Å²) < 4.78 is 5.59. The molecule has 2 aliphatic heterocycles. The predicted octanol–water partition coefficient (Wildman–Crippen LogP) is 1.77. The molecule has 3 rings (SSSR count). The van der Waals surface area contributed by atoms with Crippen LogP contribution in [0.15, 0.2) is 0 Å². The second-order valence-corrected chi connectivity index (χ2v) is 6.80. The van der Waals surface area contributed by atoms with Crippen molar-refractivity contribution in [3.63, 3.8) is 0 Å². The van der Waals surface area contributed by atoms with Crippen LogP contribution in [0.25, 0.3) is 0 Å². The smallest absolute Gasteiger partial charge is 0.0622 e. The summed E-state index contributed by atoms with van der Waals surface area (Å²) in [6.45, 7) is 9.01. The second-order valence-electron chi connectivity index (χ2n) is 6.80. The highest BCUT2D eigenvalue weighted by Crippen LogP contribution is 2.37. The van der Waals surface area contributed by atoms with Gasteiger partial charge in [0.2, 0.25) is 0 Å². The third-order valence-electron chi connectivity index (χ3n) is 5.05. The lowest BCUT2D eigenvalue weighted by molar-refractivity contribution is -0.00889. The molecule has 0 aromatic rings. The van der Waals surface area contributed by atoms with Crippen LogP contribution in [0.5, 0.6) is 0 Å². The van der Waals surface area contributed by atoms with Gasteiger partial charge in [-0.15, -0.1) is 0 Å². The first-order valence-electron chi connectivity index (χ1n) is 7.21. The van der Waals surface area contributed by atoms with Crippen LogP contribution in [0.2, 0.25) is 0 Å². The topological polar surface area (TPSA) is 24.5 Å². The van der Waals surface area contributed by atoms with E-state index < -0.39 is 0 Å². The Balaban J connectivity index is 1.77. The number of ether oxygens (including phenoxy) is 1. The van der Waals surface area contributed by atoms with Gasteiger partial charge in [-0.1, -0.05) is 12.8 Å². The van der Waals surface area contributed by atoms with Crippen molar-refractivity contribution in [2.45, 2.75) is 63.1 Å². The van der Waals surface area contributed by atoms with Gasteiger partial charge < -0.3 is 10.1 Å². The number of rotatable bonds is 1. The van der Waals surface area contributed by atoms with E-state index in [-0.39, 0.29) is 5.54 Å². The highest BCUT2D eigenvalue weighted by atomic mass is 16.5. The quantitative estimate of drug-likeness (QED) is 0.753. The molecule has 3 aliphatic rings. The number of nitrogens with zero attached hydrogens (tertiary/aromatic N) is 1. The summed E-state index contributed by atoms with van der Waals surface area (Å²) in [6, 6.07) is 0.657.